The summed E-state index contributed by atoms with van der Waals surface area (Å²) in [7, 11) is 3.09. The molecular formula is C38H36N4O5S2. The molecule has 11 heteroatoms. The zero-order chi connectivity index (χ0) is 33.9. The van der Waals surface area contributed by atoms with Crippen LogP contribution in [0.1, 0.15) is 43.2 Å². The molecule has 0 fully saturated rings. The van der Waals surface area contributed by atoms with Gasteiger partial charge in [0, 0.05) is 66.3 Å². The van der Waals surface area contributed by atoms with E-state index in [1.165, 1.54) is 10.8 Å². The first-order chi connectivity index (χ1) is 23.9. The highest BCUT2D eigenvalue weighted by molar-refractivity contribution is 8.76. The lowest BCUT2D eigenvalue weighted by Gasteiger charge is -2.21. The first kappa shape index (κ1) is 32.8. The number of benzene rings is 4. The molecule has 3 amide bonds. The minimum Gasteiger partial charge on any atom is -0.507 e. The van der Waals surface area contributed by atoms with Crippen molar-refractivity contribution in [1.29, 1.82) is 0 Å². The van der Waals surface area contributed by atoms with Gasteiger partial charge in [0.2, 0.25) is 11.8 Å². The second kappa shape index (κ2) is 14.4. The van der Waals surface area contributed by atoms with E-state index in [0.717, 1.165) is 49.1 Å². The molecule has 3 heterocycles. The van der Waals surface area contributed by atoms with E-state index in [-0.39, 0.29) is 42.9 Å². The van der Waals surface area contributed by atoms with Crippen molar-refractivity contribution >= 4 is 78.1 Å². The van der Waals surface area contributed by atoms with E-state index in [4.69, 9.17) is 4.74 Å². The van der Waals surface area contributed by atoms with Crippen molar-refractivity contribution in [2.75, 3.05) is 40.6 Å². The Labute approximate surface area is 292 Å². The maximum atomic E-state index is 13.6. The number of phenolic OH excluding ortho intramolecular Hbond substituents is 1. The second-order valence-electron chi connectivity index (χ2n) is 12.2. The lowest BCUT2D eigenvalue weighted by atomic mass is 9.95. The summed E-state index contributed by atoms with van der Waals surface area (Å²) >= 11 is 0. The minimum atomic E-state index is -0.554. The number of rotatable bonds is 10. The minimum absolute atomic E-state index is 0.0559. The highest BCUT2D eigenvalue weighted by atomic mass is 33.1. The zero-order valence-electron chi connectivity index (χ0n) is 27.1. The molecular weight excluding hydrogens is 657 g/mol. The molecule has 0 radical (unpaired) electrons. The molecule has 2 aliphatic rings. The van der Waals surface area contributed by atoms with Gasteiger partial charge in [-0.15, -0.1) is 0 Å². The number of phenols is 1. The van der Waals surface area contributed by atoms with Crippen LogP contribution in [-0.4, -0.2) is 53.4 Å². The summed E-state index contributed by atoms with van der Waals surface area (Å²) < 4.78 is 5.47. The van der Waals surface area contributed by atoms with Gasteiger partial charge in [0.1, 0.15) is 17.4 Å². The van der Waals surface area contributed by atoms with Crippen LogP contribution in [0.5, 0.6) is 5.75 Å². The summed E-state index contributed by atoms with van der Waals surface area (Å²) in [6, 6.07) is 24.9. The second-order valence-corrected chi connectivity index (χ2v) is 14.7. The van der Waals surface area contributed by atoms with Crippen molar-refractivity contribution in [1.82, 2.24) is 4.98 Å². The van der Waals surface area contributed by atoms with Crippen LogP contribution in [0, 0.1) is 0 Å². The Bertz CT molecular complexity index is 2060. The van der Waals surface area contributed by atoms with Crippen LogP contribution in [0.4, 0.5) is 21.9 Å². The van der Waals surface area contributed by atoms with Gasteiger partial charge in [0.05, 0.1) is 11.4 Å². The number of nitrogens with one attached hydrogen (secondary N) is 1. The van der Waals surface area contributed by atoms with E-state index in [9.17, 15) is 19.5 Å². The van der Waals surface area contributed by atoms with E-state index in [1.54, 1.807) is 32.9 Å². The SMILES string of the molecule is CC1CN(C(=O)CCCC(=O)N2CCc3c2cc(NC(=O)OCCSSc2ccccn2)c2ccccc32)c2cc(O)c3ccccc3c21. The van der Waals surface area contributed by atoms with Crippen LogP contribution >= 0.6 is 21.6 Å². The number of carbonyl (C=O) groups excluding carboxylic acids is 3. The monoisotopic (exact) mass is 692 g/mol. The molecule has 0 saturated carbocycles. The maximum absolute atomic E-state index is 13.6. The molecule has 1 unspecified atom stereocenters. The molecule has 9 nitrogen and oxygen atoms in total. The number of nitrogens with zero attached hydrogens (tertiary/aromatic N) is 3. The van der Waals surface area contributed by atoms with Crippen LogP contribution < -0.4 is 15.1 Å². The molecule has 2 N–H and O–H groups in total. The molecule has 0 spiro atoms. The summed E-state index contributed by atoms with van der Waals surface area (Å²) in [6.45, 7) is 3.42. The Hall–Kier alpha value is -4.74. The molecule has 2 aliphatic heterocycles. The average molecular weight is 693 g/mol. The third kappa shape index (κ3) is 6.78. The highest BCUT2D eigenvalue weighted by Crippen LogP contribution is 2.45. The molecule has 0 saturated heterocycles. The van der Waals surface area contributed by atoms with Crippen LogP contribution in [0.15, 0.2) is 90.1 Å². The summed E-state index contributed by atoms with van der Waals surface area (Å²) in [5, 5.41) is 18.1. The van der Waals surface area contributed by atoms with Crippen LogP contribution in [0.2, 0.25) is 0 Å². The average Bonchev–Trinajstić information content (AvgIpc) is 3.69. The predicted octanol–water partition coefficient (Wildman–Crippen LogP) is 8.29. The quantitative estimate of drug-likeness (QED) is 0.111. The Kier molecular flexibility index (Phi) is 9.63. The number of pyridine rings is 1. The number of anilines is 3. The first-order valence-corrected chi connectivity index (χ1v) is 18.7. The van der Waals surface area contributed by atoms with Crippen molar-refractivity contribution in [3.05, 3.63) is 96.2 Å². The molecule has 250 valence electrons. The van der Waals surface area contributed by atoms with E-state index < -0.39 is 6.09 Å². The van der Waals surface area contributed by atoms with Gasteiger partial charge >= 0.3 is 6.09 Å². The van der Waals surface area contributed by atoms with Crippen LogP contribution in [0.25, 0.3) is 21.5 Å². The summed E-state index contributed by atoms with van der Waals surface area (Å²) in [6.07, 6.45) is 2.74. The largest absolute Gasteiger partial charge is 0.507 e. The number of amides is 3. The fourth-order valence-electron chi connectivity index (χ4n) is 6.91. The lowest BCUT2D eigenvalue weighted by Crippen LogP contribution is -2.31. The van der Waals surface area contributed by atoms with E-state index >= 15 is 0 Å². The number of hydrogen-bond donors (Lipinski definition) is 2. The van der Waals surface area contributed by atoms with E-state index in [1.807, 2.05) is 72.8 Å². The van der Waals surface area contributed by atoms with Crippen molar-refractivity contribution in [3.8, 4) is 5.75 Å². The molecule has 7 rings (SSSR count). The van der Waals surface area contributed by atoms with Gasteiger partial charge in [-0.3, -0.25) is 14.9 Å². The van der Waals surface area contributed by atoms with Gasteiger partial charge in [-0.25, -0.2) is 9.78 Å². The van der Waals surface area contributed by atoms with Gasteiger partial charge in [-0.05, 0) is 63.7 Å². The third-order valence-electron chi connectivity index (χ3n) is 9.09. The van der Waals surface area contributed by atoms with Gasteiger partial charge in [-0.2, -0.15) is 0 Å². The van der Waals surface area contributed by atoms with E-state index in [2.05, 4.69) is 17.2 Å². The first-order valence-electron chi connectivity index (χ1n) is 16.4. The van der Waals surface area contributed by atoms with Crippen LogP contribution in [-0.2, 0) is 20.7 Å². The summed E-state index contributed by atoms with van der Waals surface area (Å²) in [4.78, 5) is 47.6. The van der Waals surface area contributed by atoms with E-state index in [0.29, 0.717) is 37.4 Å². The van der Waals surface area contributed by atoms with Crippen molar-refractivity contribution < 1.29 is 24.2 Å². The van der Waals surface area contributed by atoms with Gasteiger partial charge < -0.3 is 19.6 Å². The Morgan fingerprint density at radius 1 is 0.898 bits per heavy atom. The third-order valence-corrected chi connectivity index (χ3v) is 11.3. The fourth-order valence-corrected chi connectivity index (χ4v) is 8.62. The molecule has 49 heavy (non-hydrogen) atoms. The number of carbonyl (C=O) groups is 3. The normalized spacial score (nSPS) is 15.0. The molecule has 0 bridgehead atoms. The lowest BCUT2D eigenvalue weighted by molar-refractivity contribution is -0.119. The summed E-state index contributed by atoms with van der Waals surface area (Å²) in [5.41, 5.74) is 4.25. The van der Waals surface area contributed by atoms with Crippen molar-refractivity contribution in [2.45, 2.75) is 43.6 Å². The maximum Gasteiger partial charge on any atom is 0.411 e. The zero-order valence-corrected chi connectivity index (χ0v) is 28.7. The number of hydrogen-bond acceptors (Lipinski definition) is 8. The molecule has 4 aromatic carbocycles. The standard InChI is InChI=1S/C38H36N4O5S2/c1-24-23-42(32-22-33(43)28-11-4-5-12-29(28)37(24)32)36(45)15-8-14-35(44)41-18-16-27-25-9-2-3-10-26(25)30(21-31(27)41)40-38(46)47-19-20-48-49-34-13-6-7-17-39-34/h2-7,9-13,17,21-22,24,43H,8,14-16,18-20,23H2,1H3,(H,40,46). The van der Waals surface area contributed by atoms with Gasteiger partial charge in [0.15, 0.2) is 0 Å². The smallest absolute Gasteiger partial charge is 0.411 e. The van der Waals surface area contributed by atoms with Gasteiger partial charge in [-0.1, -0.05) is 72.3 Å². The fraction of sp³-hybridized carbons (Fsp3) is 0.263. The Morgan fingerprint density at radius 2 is 1.61 bits per heavy atom. The van der Waals surface area contributed by atoms with Crippen LogP contribution in [0.3, 0.4) is 0 Å². The van der Waals surface area contributed by atoms with Crippen molar-refractivity contribution in [2.24, 2.45) is 0 Å². The molecule has 1 aromatic heterocycles. The number of aromatic nitrogens is 1. The number of aromatic hydroxyl groups is 1. The highest BCUT2D eigenvalue weighted by Gasteiger charge is 2.33. The Morgan fingerprint density at radius 3 is 2.39 bits per heavy atom. The molecule has 1 atom stereocenters. The molecule has 0 aliphatic carbocycles. The van der Waals surface area contributed by atoms with Gasteiger partial charge in [0.25, 0.3) is 0 Å². The topological polar surface area (TPSA) is 112 Å². The molecule has 5 aromatic rings. The predicted molar refractivity (Wildman–Crippen MR) is 198 cm³/mol. The number of fused-ring (bicyclic) bond motifs is 6. The summed E-state index contributed by atoms with van der Waals surface area (Å²) in [5.74, 6) is 0.787. The van der Waals surface area contributed by atoms with Crippen molar-refractivity contribution in [3.63, 3.8) is 0 Å². The Balaban J connectivity index is 0.979. The number of ether oxygens (including phenoxy) is 1.